The number of sulfonamides is 1. The molecule has 0 radical (unpaired) electrons. The van der Waals surface area contributed by atoms with E-state index >= 15 is 0 Å². The molecular formula is C9H17NO5S. The minimum Gasteiger partial charge on any atom is -0.481 e. The number of nitrogens with one attached hydrogen (secondary N) is 1. The fraction of sp³-hybridized carbons (Fsp3) is 0.889. The summed E-state index contributed by atoms with van der Waals surface area (Å²) in [7, 11) is -3.52. The van der Waals surface area contributed by atoms with Crippen molar-refractivity contribution in [1.82, 2.24) is 4.72 Å². The maximum atomic E-state index is 11.5. The lowest BCUT2D eigenvalue weighted by Crippen LogP contribution is -2.36. The van der Waals surface area contributed by atoms with Gasteiger partial charge in [-0.05, 0) is 12.8 Å². The average molecular weight is 251 g/mol. The molecule has 94 valence electrons. The number of rotatable bonds is 6. The molecule has 1 aliphatic heterocycles. The third kappa shape index (κ3) is 4.46. The molecule has 1 rings (SSSR count). The minimum atomic E-state index is -3.52. The third-order valence-electron chi connectivity index (χ3n) is 2.45. The van der Waals surface area contributed by atoms with Crippen molar-refractivity contribution >= 4 is 16.0 Å². The standard InChI is InChI=1S/C9H17NO5S/c1-7(9(11)12)6-16(13,14)10-5-8-3-2-4-15-8/h7-8,10H,2-6H2,1H3,(H,11,12). The Morgan fingerprint density at radius 3 is 2.81 bits per heavy atom. The monoisotopic (exact) mass is 251 g/mol. The lowest BCUT2D eigenvalue weighted by atomic mass is 10.2. The van der Waals surface area contributed by atoms with Crippen LogP contribution in [0.3, 0.4) is 0 Å². The Labute approximate surface area is 95.0 Å². The van der Waals surface area contributed by atoms with Crippen LogP contribution in [-0.4, -0.2) is 44.5 Å². The van der Waals surface area contributed by atoms with E-state index in [0.29, 0.717) is 6.61 Å². The predicted molar refractivity (Wildman–Crippen MR) is 57.6 cm³/mol. The van der Waals surface area contributed by atoms with E-state index in [9.17, 15) is 13.2 Å². The van der Waals surface area contributed by atoms with Crippen molar-refractivity contribution in [3.05, 3.63) is 0 Å². The molecule has 0 spiro atoms. The van der Waals surface area contributed by atoms with Gasteiger partial charge in [0.05, 0.1) is 17.8 Å². The van der Waals surface area contributed by atoms with Crippen LogP contribution in [0.25, 0.3) is 0 Å². The zero-order chi connectivity index (χ0) is 12.2. The predicted octanol–water partition coefficient (Wildman–Crippen LogP) is -0.194. The van der Waals surface area contributed by atoms with E-state index in [-0.39, 0.29) is 12.6 Å². The van der Waals surface area contributed by atoms with Crippen LogP contribution in [0.15, 0.2) is 0 Å². The number of hydrogen-bond donors (Lipinski definition) is 2. The SMILES string of the molecule is CC(CS(=O)(=O)NCC1CCCO1)C(=O)O. The van der Waals surface area contributed by atoms with Crippen molar-refractivity contribution in [1.29, 1.82) is 0 Å². The lowest BCUT2D eigenvalue weighted by molar-refractivity contribution is -0.140. The molecule has 1 fully saturated rings. The summed E-state index contributed by atoms with van der Waals surface area (Å²) in [5, 5.41) is 8.61. The molecule has 1 heterocycles. The Morgan fingerprint density at radius 1 is 1.62 bits per heavy atom. The molecule has 0 aromatic carbocycles. The van der Waals surface area contributed by atoms with Crippen LogP contribution in [-0.2, 0) is 19.6 Å². The molecule has 0 aromatic rings. The second-order valence-corrected chi connectivity index (χ2v) is 5.86. The summed E-state index contributed by atoms with van der Waals surface area (Å²) in [6.45, 7) is 2.26. The molecule has 2 N–H and O–H groups in total. The quantitative estimate of drug-likeness (QED) is 0.682. The number of carbonyl (C=O) groups is 1. The van der Waals surface area contributed by atoms with Crippen molar-refractivity contribution in [3.8, 4) is 0 Å². The fourth-order valence-electron chi connectivity index (χ4n) is 1.48. The average Bonchev–Trinajstić information content (AvgIpc) is 2.66. The van der Waals surface area contributed by atoms with Gasteiger partial charge in [-0.15, -0.1) is 0 Å². The third-order valence-corrected chi connectivity index (χ3v) is 3.99. The van der Waals surface area contributed by atoms with E-state index in [1.807, 2.05) is 0 Å². The summed E-state index contributed by atoms with van der Waals surface area (Å²) < 4.78 is 30.6. The van der Waals surface area contributed by atoms with Gasteiger partial charge in [-0.1, -0.05) is 6.92 Å². The molecule has 0 aliphatic carbocycles. The van der Waals surface area contributed by atoms with Gasteiger partial charge in [0.1, 0.15) is 0 Å². The molecule has 6 nitrogen and oxygen atoms in total. The van der Waals surface area contributed by atoms with Crippen molar-refractivity contribution in [2.45, 2.75) is 25.9 Å². The molecule has 1 saturated heterocycles. The maximum absolute atomic E-state index is 11.5. The van der Waals surface area contributed by atoms with Gasteiger partial charge in [0.15, 0.2) is 0 Å². The highest BCUT2D eigenvalue weighted by Crippen LogP contribution is 2.11. The van der Waals surface area contributed by atoms with Crippen molar-refractivity contribution in [3.63, 3.8) is 0 Å². The van der Waals surface area contributed by atoms with Crippen molar-refractivity contribution in [2.24, 2.45) is 5.92 Å². The molecule has 0 aromatic heterocycles. The van der Waals surface area contributed by atoms with Crippen LogP contribution >= 0.6 is 0 Å². The number of carboxylic acids is 1. The number of aliphatic carboxylic acids is 1. The first-order valence-electron chi connectivity index (χ1n) is 5.22. The Morgan fingerprint density at radius 2 is 2.31 bits per heavy atom. The van der Waals surface area contributed by atoms with Crippen LogP contribution in [0, 0.1) is 5.92 Å². The summed E-state index contributed by atoms with van der Waals surface area (Å²) in [6.07, 6.45) is 1.71. The first-order chi connectivity index (χ1) is 7.41. The van der Waals surface area contributed by atoms with Crippen LogP contribution < -0.4 is 4.72 Å². The summed E-state index contributed by atoms with van der Waals surface area (Å²) >= 11 is 0. The summed E-state index contributed by atoms with van der Waals surface area (Å²) in [5.74, 6) is -2.40. The molecule has 0 amide bonds. The molecule has 1 aliphatic rings. The van der Waals surface area contributed by atoms with Gasteiger partial charge in [-0.2, -0.15) is 0 Å². The first-order valence-corrected chi connectivity index (χ1v) is 6.87. The van der Waals surface area contributed by atoms with Gasteiger partial charge in [0, 0.05) is 13.2 Å². The van der Waals surface area contributed by atoms with E-state index in [1.54, 1.807) is 0 Å². The van der Waals surface area contributed by atoms with Gasteiger partial charge in [0.25, 0.3) is 0 Å². The van der Waals surface area contributed by atoms with E-state index in [4.69, 9.17) is 9.84 Å². The number of ether oxygens (including phenoxy) is 1. The Kier molecular flexibility index (Phi) is 4.69. The first kappa shape index (κ1) is 13.4. The van der Waals surface area contributed by atoms with E-state index in [2.05, 4.69) is 4.72 Å². The molecule has 0 saturated carbocycles. The van der Waals surface area contributed by atoms with E-state index in [0.717, 1.165) is 12.8 Å². The van der Waals surface area contributed by atoms with E-state index < -0.39 is 27.7 Å². The highest BCUT2D eigenvalue weighted by molar-refractivity contribution is 7.89. The molecule has 2 atom stereocenters. The second kappa shape index (κ2) is 5.60. The topological polar surface area (TPSA) is 92.7 Å². The molecule has 2 unspecified atom stereocenters. The highest BCUT2D eigenvalue weighted by Gasteiger charge is 2.23. The van der Waals surface area contributed by atoms with Gasteiger partial charge in [-0.3, -0.25) is 4.79 Å². The van der Waals surface area contributed by atoms with Crippen molar-refractivity contribution in [2.75, 3.05) is 18.9 Å². The lowest BCUT2D eigenvalue weighted by Gasteiger charge is -2.12. The normalized spacial score (nSPS) is 23.2. The van der Waals surface area contributed by atoms with Gasteiger partial charge in [-0.25, -0.2) is 13.1 Å². The van der Waals surface area contributed by atoms with E-state index in [1.165, 1.54) is 6.92 Å². The van der Waals surface area contributed by atoms with Crippen LogP contribution in [0.1, 0.15) is 19.8 Å². The Hall–Kier alpha value is -0.660. The number of hydrogen-bond acceptors (Lipinski definition) is 4. The summed E-state index contributed by atoms with van der Waals surface area (Å²) in [6, 6.07) is 0. The summed E-state index contributed by atoms with van der Waals surface area (Å²) in [5.41, 5.74) is 0. The maximum Gasteiger partial charge on any atom is 0.307 e. The van der Waals surface area contributed by atoms with Crippen LogP contribution in [0.2, 0.25) is 0 Å². The van der Waals surface area contributed by atoms with Crippen LogP contribution in [0.5, 0.6) is 0 Å². The zero-order valence-corrected chi connectivity index (χ0v) is 10.00. The molecule has 0 bridgehead atoms. The van der Waals surface area contributed by atoms with Crippen LogP contribution in [0.4, 0.5) is 0 Å². The van der Waals surface area contributed by atoms with Gasteiger partial charge in [0.2, 0.25) is 10.0 Å². The molecule has 7 heteroatoms. The van der Waals surface area contributed by atoms with Gasteiger partial charge >= 0.3 is 5.97 Å². The Balaban J connectivity index is 2.36. The largest absolute Gasteiger partial charge is 0.481 e. The fourth-order valence-corrected chi connectivity index (χ4v) is 2.84. The summed E-state index contributed by atoms with van der Waals surface area (Å²) in [4.78, 5) is 10.5. The van der Waals surface area contributed by atoms with Crippen molar-refractivity contribution < 1.29 is 23.1 Å². The Bertz CT molecular complexity index is 334. The molecular weight excluding hydrogens is 234 g/mol. The molecule has 16 heavy (non-hydrogen) atoms. The minimum absolute atomic E-state index is 0.0742. The second-order valence-electron chi connectivity index (χ2n) is 4.00. The number of carboxylic acid groups (broad SMARTS) is 1. The highest BCUT2D eigenvalue weighted by atomic mass is 32.2. The zero-order valence-electron chi connectivity index (χ0n) is 9.18. The smallest absolute Gasteiger partial charge is 0.307 e. The van der Waals surface area contributed by atoms with Gasteiger partial charge < -0.3 is 9.84 Å².